The van der Waals surface area contributed by atoms with Crippen molar-refractivity contribution in [1.82, 2.24) is 5.32 Å². The molecule has 25 heavy (non-hydrogen) atoms. The van der Waals surface area contributed by atoms with Crippen molar-refractivity contribution in [3.05, 3.63) is 64.2 Å². The summed E-state index contributed by atoms with van der Waals surface area (Å²) < 4.78 is 5.64. The minimum Gasteiger partial charge on any atom is -0.484 e. The second-order valence-corrected chi connectivity index (χ2v) is 7.14. The van der Waals surface area contributed by atoms with Crippen LogP contribution in [0.4, 0.5) is 0 Å². The maximum atomic E-state index is 12.2. The van der Waals surface area contributed by atoms with E-state index in [1.54, 1.807) is 0 Å². The Morgan fingerprint density at radius 2 is 1.72 bits per heavy atom. The van der Waals surface area contributed by atoms with Crippen LogP contribution in [0.15, 0.2) is 36.4 Å². The Bertz CT molecular complexity index is 746. The molecular formula is C22H27NO2. The zero-order valence-corrected chi connectivity index (χ0v) is 15.4. The smallest absolute Gasteiger partial charge is 0.258 e. The maximum Gasteiger partial charge on any atom is 0.258 e. The molecule has 2 aromatic rings. The summed E-state index contributed by atoms with van der Waals surface area (Å²) in [5.74, 6) is 0.651. The number of rotatable bonds is 5. The van der Waals surface area contributed by atoms with E-state index in [4.69, 9.17) is 4.74 Å². The lowest BCUT2D eigenvalue weighted by Gasteiger charge is -2.20. The Balaban J connectivity index is 1.57. The zero-order chi connectivity index (χ0) is 17.8. The topological polar surface area (TPSA) is 38.3 Å². The molecule has 132 valence electrons. The van der Waals surface area contributed by atoms with E-state index in [0.29, 0.717) is 0 Å². The number of carbonyl (C=O) groups excluding carboxylic acids is 1. The number of hydrogen-bond acceptors (Lipinski definition) is 2. The molecule has 0 fully saturated rings. The van der Waals surface area contributed by atoms with Crippen LogP contribution in [0.5, 0.6) is 5.75 Å². The highest BCUT2D eigenvalue weighted by Crippen LogP contribution is 2.24. The standard InChI is InChI=1S/C22H27NO2/c1-15-10-16(2)12-21(11-15)25-14-22(24)23-17(3)19-9-8-18-6-4-5-7-20(18)13-19/h8-13,17H,4-7,14H2,1-3H3,(H,23,24)/t17-/m0/s1. The molecule has 1 aliphatic carbocycles. The van der Waals surface area contributed by atoms with Crippen molar-refractivity contribution in [3.8, 4) is 5.75 Å². The normalized spacial score (nSPS) is 14.5. The Labute approximate surface area is 150 Å². The second-order valence-electron chi connectivity index (χ2n) is 7.14. The molecular weight excluding hydrogens is 310 g/mol. The van der Waals surface area contributed by atoms with Crippen LogP contribution in [0.3, 0.4) is 0 Å². The summed E-state index contributed by atoms with van der Waals surface area (Å²) in [6.45, 7) is 6.12. The third-order valence-electron chi connectivity index (χ3n) is 4.82. The Morgan fingerprint density at radius 3 is 2.44 bits per heavy atom. The molecule has 0 saturated heterocycles. The lowest BCUT2D eigenvalue weighted by Crippen LogP contribution is -2.31. The van der Waals surface area contributed by atoms with Crippen LogP contribution in [0.1, 0.15) is 53.6 Å². The van der Waals surface area contributed by atoms with Crippen molar-refractivity contribution in [2.24, 2.45) is 0 Å². The van der Waals surface area contributed by atoms with Gasteiger partial charge in [0.15, 0.2) is 6.61 Å². The first kappa shape index (κ1) is 17.5. The summed E-state index contributed by atoms with van der Waals surface area (Å²) in [5, 5.41) is 3.04. The molecule has 1 aliphatic rings. The fourth-order valence-corrected chi connectivity index (χ4v) is 3.55. The number of fused-ring (bicyclic) bond motifs is 1. The molecule has 0 radical (unpaired) electrons. The van der Waals surface area contributed by atoms with Gasteiger partial charge in [-0.15, -0.1) is 0 Å². The van der Waals surface area contributed by atoms with Gasteiger partial charge < -0.3 is 10.1 Å². The van der Waals surface area contributed by atoms with E-state index in [2.05, 4.69) is 29.6 Å². The van der Waals surface area contributed by atoms with Gasteiger partial charge in [0.05, 0.1) is 6.04 Å². The lowest BCUT2D eigenvalue weighted by atomic mass is 9.89. The molecule has 0 spiro atoms. The first-order valence-corrected chi connectivity index (χ1v) is 9.13. The fourth-order valence-electron chi connectivity index (χ4n) is 3.55. The molecule has 3 rings (SSSR count). The largest absolute Gasteiger partial charge is 0.484 e. The Kier molecular flexibility index (Phi) is 5.42. The van der Waals surface area contributed by atoms with Crippen LogP contribution < -0.4 is 10.1 Å². The Hall–Kier alpha value is -2.29. The van der Waals surface area contributed by atoms with Crippen molar-refractivity contribution in [2.75, 3.05) is 6.61 Å². The van der Waals surface area contributed by atoms with Crippen molar-refractivity contribution < 1.29 is 9.53 Å². The SMILES string of the molecule is Cc1cc(C)cc(OCC(=O)N[C@@H](C)c2ccc3c(c2)CCCC3)c1. The van der Waals surface area contributed by atoms with Gasteiger partial charge in [-0.05, 0) is 86.4 Å². The third kappa shape index (κ3) is 4.62. The lowest BCUT2D eigenvalue weighted by molar-refractivity contribution is -0.123. The summed E-state index contributed by atoms with van der Waals surface area (Å²) >= 11 is 0. The summed E-state index contributed by atoms with van der Waals surface area (Å²) in [5.41, 5.74) is 6.35. The van der Waals surface area contributed by atoms with E-state index in [1.807, 2.05) is 32.9 Å². The molecule has 0 unspecified atom stereocenters. The number of benzene rings is 2. The number of nitrogens with one attached hydrogen (secondary N) is 1. The molecule has 1 amide bonds. The van der Waals surface area contributed by atoms with Gasteiger partial charge >= 0.3 is 0 Å². The first-order valence-electron chi connectivity index (χ1n) is 9.13. The van der Waals surface area contributed by atoms with Crippen LogP contribution in [-0.4, -0.2) is 12.5 Å². The molecule has 1 atom stereocenters. The minimum atomic E-state index is -0.0932. The van der Waals surface area contributed by atoms with Crippen molar-refractivity contribution >= 4 is 5.91 Å². The van der Waals surface area contributed by atoms with Gasteiger partial charge in [0.2, 0.25) is 0 Å². The summed E-state index contributed by atoms with van der Waals surface area (Å²) in [4.78, 5) is 12.2. The van der Waals surface area contributed by atoms with Crippen molar-refractivity contribution in [1.29, 1.82) is 0 Å². The fraction of sp³-hybridized carbons (Fsp3) is 0.409. The monoisotopic (exact) mass is 337 g/mol. The maximum absolute atomic E-state index is 12.2. The van der Waals surface area contributed by atoms with E-state index in [0.717, 1.165) is 23.3 Å². The van der Waals surface area contributed by atoms with Gasteiger partial charge in [0.1, 0.15) is 5.75 Å². The molecule has 3 heteroatoms. The predicted octanol–water partition coefficient (Wildman–Crippen LogP) is 4.44. The number of hydrogen-bond donors (Lipinski definition) is 1. The summed E-state index contributed by atoms with van der Waals surface area (Å²) in [7, 11) is 0. The number of ether oxygens (including phenoxy) is 1. The highest BCUT2D eigenvalue weighted by Gasteiger charge is 2.14. The highest BCUT2D eigenvalue weighted by molar-refractivity contribution is 5.78. The molecule has 0 aliphatic heterocycles. The van der Waals surface area contributed by atoms with Crippen LogP contribution in [0.25, 0.3) is 0 Å². The van der Waals surface area contributed by atoms with Gasteiger partial charge in [-0.25, -0.2) is 0 Å². The van der Waals surface area contributed by atoms with Crippen LogP contribution in [-0.2, 0) is 17.6 Å². The highest BCUT2D eigenvalue weighted by atomic mass is 16.5. The van der Waals surface area contributed by atoms with E-state index in [1.165, 1.54) is 36.0 Å². The summed E-state index contributed by atoms with van der Waals surface area (Å²) in [6.07, 6.45) is 4.88. The van der Waals surface area contributed by atoms with E-state index < -0.39 is 0 Å². The van der Waals surface area contributed by atoms with E-state index in [-0.39, 0.29) is 18.6 Å². The average molecular weight is 337 g/mol. The van der Waals surface area contributed by atoms with Gasteiger partial charge in [-0.3, -0.25) is 4.79 Å². The van der Waals surface area contributed by atoms with Gasteiger partial charge in [-0.2, -0.15) is 0 Å². The first-order chi connectivity index (χ1) is 12.0. The van der Waals surface area contributed by atoms with Crippen LogP contribution in [0.2, 0.25) is 0 Å². The molecule has 2 aromatic carbocycles. The van der Waals surface area contributed by atoms with Crippen LogP contribution in [0, 0.1) is 13.8 Å². The number of aryl methyl sites for hydroxylation is 4. The number of amides is 1. The molecule has 0 saturated carbocycles. The molecule has 3 nitrogen and oxygen atoms in total. The van der Waals surface area contributed by atoms with Crippen molar-refractivity contribution in [3.63, 3.8) is 0 Å². The molecule has 0 aromatic heterocycles. The van der Waals surface area contributed by atoms with Gasteiger partial charge in [-0.1, -0.05) is 24.3 Å². The predicted molar refractivity (Wildman–Crippen MR) is 101 cm³/mol. The molecule has 1 N–H and O–H groups in total. The van der Waals surface area contributed by atoms with Gasteiger partial charge in [0, 0.05) is 0 Å². The quantitative estimate of drug-likeness (QED) is 0.876. The zero-order valence-electron chi connectivity index (χ0n) is 15.4. The average Bonchev–Trinajstić information content (AvgIpc) is 2.58. The van der Waals surface area contributed by atoms with E-state index >= 15 is 0 Å². The van der Waals surface area contributed by atoms with Gasteiger partial charge in [0.25, 0.3) is 5.91 Å². The summed E-state index contributed by atoms with van der Waals surface area (Å²) in [6, 6.07) is 12.6. The second kappa shape index (κ2) is 7.73. The molecule has 0 heterocycles. The Morgan fingerprint density at radius 1 is 1.04 bits per heavy atom. The van der Waals surface area contributed by atoms with Crippen molar-refractivity contribution in [2.45, 2.75) is 52.5 Å². The van der Waals surface area contributed by atoms with E-state index in [9.17, 15) is 4.79 Å². The molecule has 0 bridgehead atoms. The van der Waals surface area contributed by atoms with Crippen LogP contribution >= 0.6 is 0 Å². The minimum absolute atomic E-state index is 0.0115. The number of carbonyl (C=O) groups is 1. The third-order valence-corrected chi connectivity index (χ3v) is 4.82.